The summed E-state index contributed by atoms with van der Waals surface area (Å²) in [6.45, 7) is 12.9. The van der Waals surface area contributed by atoms with Gasteiger partial charge in [-0.25, -0.2) is 0 Å². The van der Waals surface area contributed by atoms with Gasteiger partial charge in [-0.3, -0.25) is 0 Å². The Morgan fingerprint density at radius 2 is 1.85 bits per heavy atom. The van der Waals surface area contributed by atoms with Crippen molar-refractivity contribution < 1.29 is 0 Å². The Labute approximate surface area is 129 Å². The lowest BCUT2D eigenvalue weighted by Crippen LogP contribution is -2.36. The first-order valence-electron chi connectivity index (χ1n) is 7.78. The highest BCUT2D eigenvalue weighted by molar-refractivity contribution is 6.30. The van der Waals surface area contributed by atoms with Crippen LogP contribution in [0.25, 0.3) is 0 Å². The number of nitrogens with one attached hydrogen (secondary N) is 1. The van der Waals surface area contributed by atoms with E-state index in [1.54, 1.807) is 0 Å². The van der Waals surface area contributed by atoms with Crippen molar-refractivity contribution in [1.82, 2.24) is 5.32 Å². The van der Waals surface area contributed by atoms with E-state index in [4.69, 9.17) is 11.6 Å². The van der Waals surface area contributed by atoms with Gasteiger partial charge in [0.05, 0.1) is 0 Å². The third-order valence-electron chi connectivity index (χ3n) is 5.54. The van der Waals surface area contributed by atoms with E-state index in [0.29, 0.717) is 16.9 Å². The number of hydrogen-bond donors (Lipinski definition) is 1. The summed E-state index contributed by atoms with van der Waals surface area (Å²) in [6, 6.07) is 8.83. The second-order valence-electron chi connectivity index (χ2n) is 7.32. The molecule has 2 rings (SSSR count). The zero-order valence-corrected chi connectivity index (χ0v) is 14.2. The number of hydrogen-bond acceptors (Lipinski definition) is 1. The van der Waals surface area contributed by atoms with Gasteiger partial charge < -0.3 is 5.32 Å². The third kappa shape index (κ3) is 2.89. The summed E-state index contributed by atoms with van der Waals surface area (Å²) in [4.78, 5) is 0. The molecule has 1 aromatic carbocycles. The van der Waals surface area contributed by atoms with Crippen LogP contribution in [0.15, 0.2) is 24.3 Å². The van der Waals surface area contributed by atoms with E-state index in [1.165, 1.54) is 12.0 Å². The first-order valence-corrected chi connectivity index (χ1v) is 8.16. The van der Waals surface area contributed by atoms with Gasteiger partial charge in [0.25, 0.3) is 0 Å². The van der Waals surface area contributed by atoms with Crippen molar-refractivity contribution in [2.75, 3.05) is 6.54 Å². The van der Waals surface area contributed by atoms with E-state index >= 15 is 0 Å². The van der Waals surface area contributed by atoms with Crippen molar-refractivity contribution >= 4 is 11.6 Å². The van der Waals surface area contributed by atoms with E-state index in [1.807, 2.05) is 6.07 Å². The monoisotopic (exact) mass is 293 g/mol. The molecule has 0 heterocycles. The van der Waals surface area contributed by atoms with Crippen LogP contribution in [0, 0.1) is 16.7 Å². The fourth-order valence-corrected chi connectivity index (χ4v) is 4.02. The molecule has 1 atom stereocenters. The van der Waals surface area contributed by atoms with Gasteiger partial charge in [-0.15, -0.1) is 0 Å². The molecule has 112 valence electrons. The molecule has 2 heteroatoms. The topological polar surface area (TPSA) is 12.0 Å². The first-order chi connectivity index (χ1) is 9.30. The van der Waals surface area contributed by atoms with Crippen LogP contribution in [-0.4, -0.2) is 12.6 Å². The average Bonchev–Trinajstić information content (AvgIpc) is 2.76. The predicted molar refractivity (Wildman–Crippen MR) is 88.3 cm³/mol. The quantitative estimate of drug-likeness (QED) is 0.784. The van der Waals surface area contributed by atoms with Crippen molar-refractivity contribution in [3.8, 4) is 0 Å². The number of halogens is 1. The maximum absolute atomic E-state index is 6.12. The Morgan fingerprint density at radius 1 is 1.20 bits per heavy atom. The van der Waals surface area contributed by atoms with Gasteiger partial charge in [-0.1, -0.05) is 58.4 Å². The highest BCUT2D eigenvalue weighted by atomic mass is 35.5. The molecular formula is C18H28ClN. The summed E-state index contributed by atoms with van der Waals surface area (Å²) < 4.78 is 0. The fourth-order valence-electron chi connectivity index (χ4n) is 3.81. The van der Waals surface area contributed by atoms with Gasteiger partial charge in [0, 0.05) is 11.1 Å². The van der Waals surface area contributed by atoms with Crippen molar-refractivity contribution in [3.63, 3.8) is 0 Å². The third-order valence-corrected chi connectivity index (χ3v) is 5.77. The summed E-state index contributed by atoms with van der Waals surface area (Å²) in [7, 11) is 0. The largest absolute Gasteiger partial charge is 0.313 e. The molecule has 0 radical (unpaired) electrons. The van der Waals surface area contributed by atoms with Crippen LogP contribution in [-0.2, 0) is 6.42 Å². The Hall–Kier alpha value is -0.530. The van der Waals surface area contributed by atoms with Gasteiger partial charge >= 0.3 is 0 Å². The molecule has 1 saturated carbocycles. The summed E-state index contributed by atoms with van der Waals surface area (Å²) in [5.41, 5.74) is 2.16. The van der Waals surface area contributed by atoms with E-state index in [9.17, 15) is 0 Å². The molecule has 1 N–H and O–H groups in total. The smallest absolute Gasteiger partial charge is 0.0408 e. The van der Waals surface area contributed by atoms with Crippen LogP contribution in [0.4, 0.5) is 0 Å². The van der Waals surface area contributed by atoms with E-state index in [-0.39, 0.29) is 0 Å². The normalized spacial score (nSPS) is 21.7. The van der Waals surface area contributed by atoms with Crippen LogP contribution >= 0.6 is 11.6 Å². The second-order valence-corrected chi connectivity index (χ2v) is 7.75. The van der Waals surface area contributed by atoms with Gasteiger partial charge in [-0.05, 0) is 53.8 Å². The Bertz CT molecular complexity index is 450. The molecule has 0 aromatic heterocycles. The Kier molecular flexibility index (Phi) is 4.51. The Balaban J connectivity index is 2.13. The van der Waals surface area contributed by atoms with Crippen molar-refractivity contribution in [1.29, 1.82) is 0 Å². The Morgan fingerprint density at radius 3 is 2.35 bits per heavy atom. The average molecular weight is 294 g/mol. The highest BCUT2D eigenvalue weighted by Crippen LogP contribution is 2.69. The first kappa shape index (κ1) is 15.9. The predicted octanol–water partition coefficient (Wildman–Crippen LogP) is 4.93. The minimum atomic E-state index is 0.414. The van der Waals surface area contributed by atoms with Gasteiger partial charge in [0.15, 0.2) is 0 Å². The minimum absolute atomic E-state index is 0.414. The van der Waals surface area contributed by atoms with Crippen molar-refractivity contribution in [2.45, 2.75) is 53.5 Å². The molecule has 0 spiro atoms. The van der Waals surface area contributed by atoms with Crippen LogP contribution < -0.4 is 5.32 Å². The molecule has 1 aliphatic carbocycles. The molecule has 0 amide bonds. The molecular weight excluding hydrogens is 266 g/mol. The second kappa shape index (κ2) is 5.69. The van der Waals surface area contributed by atoms with E-state index in [0.717, 1.165) is 23.9 Å². The lowest BCUT2D eigenvalue weighted by atomic mass is 9.96. The minimum Gasteiger partial charge on any atom is -0.313 e. The summed E-state index contributed by atoms with van der Waals surface area (Å²) >= 11 is 6.12. The molecule has 1 aliphatic rings. The molecule has 1 nitrogen and oxygen atoms in total. The maximum atomic E-state index is 6.12. The zero-order valence-electron chi connectivity index (χ0n) is 13.5. The van der Waals surface area contributed by atoms with Crippen LogP contribution in [0.2, 0.25) is 5.02 Å². The molecule has 1 fully saturated rings. The zero-order chi connectivity index (χ0) is 15.0. The molecule has 0 bridgehead atoms. The molecule has 1 aromatic rings. The summed E-state index contributed by atoms with van der Waals surface area (Å²) in [6.07, 6.45) is 2.25. The fraction of sp³-hybridized carbons (Fsp3) is 0.667. The number of benzene rings is 1. The van der Waals surface area contributed by atoms with Crippen LogP contribution in [0.1, 0.15) is 46.6 Å². The lowest BCUT2D eigenvalue weighted by Gasteiger charge is -2.21. The number of rotatable bonds is 6. The van der Waals surface area contributed by atoms with Gasteiger partial charge in [0.2, 0.25) is 0 Å². The summed E-state index contributed by atoms with van der Waals surface area (Å²) in [5.74, 6) is 0.723. The van der Waals surface area contributed by atoms with Crippen LogP contribution in [0.3, 0.4) is 0 Å². The van der Waals surface area contributed by atoms with Crippen molar-refractivity contribution in [2.24, 2.45) is 16.7 Å². The molecule has 0 aliphatic heterocycles. The molecule has 20 heavy (non-hydrogen) atoms. The SMILES string of the molecule is CCCNC(Cc1cccc(Cl)c1)C1C(C)(C)C1(C)C. The highest BCUT2D eigenvalue weighted by Gasteiger charge is 2.66. The lowest BCUT2D eigenvalue weighted by molar-refractivity contribution is 0.395. The van der Waals surface area contributed by atoms with Crippen LogP contribution in [0.5, 0.6) is 0 Å². The molecule has 1 unspecified atom stereocenters. The standard InChI is InChI=1S/C18H28ClN/c1-6-10-20-15(16-17(2,3)18(16,4)5)12-13-8-7-9-14(19)11-13/h7-9,11,15-16,20H,6,10,12H2,1-5H3. The van der Waals surface area contributed by atoms with Crippen molar-refractivity contribution in [3.05, 3.63) is 34.9 Å². The van der Waals surface area contributed by atoms with Gasteiger partial charge in [0.1, 0.15) is 0 Å². The maximum Gasteiger partial charge on any atom is 0.0408 e. The molecule has 0 saturated heterocycles. The van der Waals surface area contributed by atoms with E-state index in [2.05, 4.69) is 58.1 Å². The summed E-state index contributed by atoms with van der Waals surface area (Å²) in [5, 5.41) is 4.61. The van der Waals surface area contributed by atoms with Gasteiger partial charge in [-0.2, -0.15) is 0 Å². The van der Waals surface area contributed by atoms with E-state index < -0.39 is 0 Å².